The van der Waals surface area contributed by atoms with Crippen LogP contribution in [0.3, 0.4) is 0 Å². The number of para-hydroxylation sites is 1. The molecular weight excluding hydrogens is 609 g/mol. The molecule has 2 fully saturated rings. The first-order valence-electron chi connectivity index (χ1n) is 16.4. The number of amides is 1. The first-order valence-corrected chi connectivity index (χ1v) is 16.4. The van der Waals surface area contributed by atoms with Crippen molar-refractivity contribution in [3.63, 3.8) is 0 Å². The Balaban J connectivity index is 1.27. The monoisotopic (exact) mass is 651 g/mol. The van der Waals surface area contributed by atoms with E-state index in [-0.39, 0.29) is 28.9 Å². The molecule has 250 valence electrons. The van der Waals surface area contributed by atoms with Crippen LogP contribution in [0.4, 0.5) is 10.2 Å². The molecule has 6 rings (SSSR count). The molecule has 4 aromatic rings. The quantitative estimate of drug-likeness (QED) is 0.206. The Morgan fingerprint density at radius 1 is 1.08 bits per heavy atom. The summed E-state index contributed by atoms with van der Waals surface area (Å²) in [5.74, 6) is 0.275. The Morgan fingerprint density at radius 3 is 2.50 bits per heavy atom. The minimum atomic E-state index is -0.533. The van der Waals surface area contributed by atoms with E-state index in [2.05, 4.69) is 60.6 Å². The number of rotatable bonds is 7. The number of nitrogen functional groups attached to an aromatic ring is 1. The first kappa shape index (κ1) is 33.1. The summed E-state index contributed by atoms with van der Waals surface area (Å²) in [6.07, 6.45) is 4.58. The lowest BCUT2D eigenvalue weighted by Gasteiger charge is -2.48. The van der Waals surface area contributed by atoms with Gasteiger partial charge in [0.15, 0.2) is 5.65 Å². The van der Waals surface area contributed by atoms with E-state index in [0.29, 0.717) is 66.2 Å². The summed E-state index contributed by atoms with van der Waals surface area (Å²) in [4.78, 5) is 28.9. The number of nitriles is 1. The molecule has 0 radical (unpaired) electrons. The van der Waals surface area contributed by atoms with Crippen molar-refractivity contribution in [3.8, 4) is 28.8 Å². The third kappa shape index (κ3) is 6.48. The van der Waals surface area contributed by atoms with E-state index in [1.54, 1.807) is 33.8 Å². The van der Waals surface area contributed by atoms with Gasteiger partial charge in [-0.3, -0.25) is 14.6 Å². The Kier molecular flexibility index (Phi) is 9.18. The van der Waals surface area contributed by atoms with Crippen molar-refractivity contribution in [2.24, 2.45) is 0 Å². The molecule has 2 aliphatic rings. The molecule has 1 unspecified atom stereocenters. The number of halogens is 1. The second-order valence-corrected chi connectivity index (χ2v) is 13.4. The number of nitrogens with two attached hydrogens (primary N) is 1. The van der Waals surface area contributed by atoms with Crippen LogP contribution in [0.25, 0.3) is 22.3 Å². The van der Waals surface area contributed by atoms with Gasteiger partial charge < -0.3 is 15.4 Å². The molecule has 0 spiro atoms. The van der Waals surface area contributed by atoms with Gasteiger partial charge in [0, 0.05) is 55.4 Å². The number of carbonyl (C=O) groups excluding carboxylic acids is 1. The lowest BCUT2D eigenvalue weighted by Crippen LogP contribution is -2.60. The van der Waals surface area contributed by atoms with Gasteiger partial charge in [-0.05, 0) is 77.9 Å². The van der Waals surface area contributed by atoms with E-state index in [1.165, 1.54) is 12.4 Å². The van der Waals surface area contributed by atoms with Crippen LogP contribution in [0.15, 0.2) is 66.5 Å². The Bertz CT molecular complexity index is 1870. The number of piperidine rings is 1. The van der Waals surface area contributed by atoms with E-state index >= 15 is 4.39 Å². The standard InChI is InChI=1S/C36H42FN9O2/c1-23-19-45(20-24(2)43(23)5)36(3,4)17-25(18-38)35(47)44-15-9-10-26(21-44)46-34-31(33(39)40-22-41-34)32(42-46)29-14-13-28(16-30(29)37)48-27-11-7-6-8-12-27/h6-8,11-14,16-17,22-24,26H,9-10,15,19-21H2,1-5H3,(H2,39,40,41)/b25-17+/t23-,24+,26?. The fraction of sp³-hybridized carbons (Fsp3) is 0.417. The van der Waals surface area contributed by atoms with E-state index in [4.69, 9.17) is 15.6 Å². The maximum Gasteiger partial charge on any atom is 0.264 e. The van der Waals surface area contributed by atoms with Crippen molar-refractivity contribution >= 4 is 22.8 Å². The molecule has 48 heavy (non-hydrogen) atoms. The van der Waals surface area contributed by atoms with Crippen molar-refractivity contribution < 1.29 is 13.9 Å². The van der Waals surface area contributed by atoms with E-state index in [0.717, 1.165) is 13.1 Å². The molecule has 4 heterocycles. The number of likely N-dealkylation sites (N-methyl/N-ethyl adjacent to an activating group) is 1. The van der Waals surface area contributed by atoms with Crippen molar-refractivity contribution in [1.29, 1.82) is 5.26 Å². The number of aromatic nitrogens is 4. The van der Waals surface area contributed by atoms with Gasteiger partial charge >= 0.3 is 0 Å². The zero-order valence-electron chi connectivity index (χ0n) is 28.1. The van der Waals surface area contributed by atoms with Crippen molar-refractivity contribution in [2.75, 3.05) is 39.0 Å². The molecule has 12 heteroatoms. The predicted octanol–water partition coefficient (Wildman–Crippen LogP) is 5.42. The van der Waals surface area contributed by atoms with Crippen LogP contribution in [0.5, 0.6) is 11.5 Å². The molecule has 2 saturated heterocycles. The number of ether oxygens (including phenoxy) is 1. The summed E-state index contributed by atoms with van der Waals surface area (Å²) in [5.41, 5.74) is 6.96. The molecule has 2 N–H and O–H groups in total. The van der Waals surface area contributed by atoms with Crippen molar-refractivity contribution in [2.45, 2.75) is 64.2 Å². The van der Waals surface area contributed by atoms with Crippen LogP contribution >= 0.6 is 0 Å². The third-order valence-corrected chi connectivity index (χ3v) is 9.75. The van der Waals surface area contributed by atoms with Gasteiger partial charge in [-0.15, -0.1) is 0 Å². The van der Waals surface area contributed by atoms with Gasteiger partial charge in [-0.1, -0.05) is 18.2 Å². The smallest absolute Gasteiger partial charge is 0.264 e. The predicted molar refractivity (Wildman–Crippen MR) is 183 cm³/mol. The Morgan fingerprint density at radius 2 is 1.81 bits per heavy atom. The van der Waals surface area contributed by atoms with Crippen molar-refractivity contribution in [1.82, 2.24) is 34.4 Å². The fourth-order valence-electron chi connectivity index (χ4n) is 6.79. The number of piperazine rings is 1. The average Bonchev–Trinajstić information content (AvgIpc) is 3.47. The van der Waals surface area contributed by atoms with Crippen molar-refractivity contribution in [3.05, 3.63) is 72.3 Å². The van der Waals surface area contributed by atoms with Gasteiger partial charge in [-0.2, -0.15) is 10.4 Å². The van der Waals surface area contributed by atoms with E-state index in [9.17, 15) is 10.1 Å². The van der Waals surface area contributed by atoms with E-state index < -0.39 is 11.4 Å². The number of carbonyl (C=O) groups is 1. The molecule has 2 aromatic heterocycles. The molecule has 3 atom stereocenters. The highest BCUT2D eigenvalue weighted by Gasteiger charge is 2.36. The molecule has 0 saturated carbocycles. The number of anilines is 1. The maximum absolute atomic E-state index is 15.7. The number of nitrogens with zero attached hydrogens (tertiary/aromatic N) is 8. The summed E-state index contributed by atoms with van der Waals surface area (Å²) >= 11 is 0. The van der Waals surface area contributed by atoms with Gasteiger partial charge in [0.1, 0.15) is 46.8 Å². The average molecular weight is 652 g/mol. The number of hydrogen-bond donors (Lipinski definition) is 1. The van der Waals surface area contributed by atoms with Crippen LogP contribution in [0.1, 0.15) is 46.6 Å². The molecular formula is C36H42FN9O2. The highest BCUT2D eigenvalue weighted by molar-refractivity contribution is 5.99. The lowest BCUT2D eigenvalue weighted by molar-refractivity contribution is -0.128. The zero-order chi connectivity index (χ0) is 34.2. The SMILES string of the molecule is C[C@@H]1CN(C(C)(C)/C=C(\C#N)C(=O)N2CCCC(n3nc(-c4ccc(Oc5ccccc5)cc4F)c4c(N)ncnc43)C2)C[C@H](C)N1C. The molecule has 2 aliphatic heterocycles. The summed E-state index contributed by atoms with van der Waals surface area (Å²) in [5, 5.41) is 15.4. The Labute approximate surface area is 280 Å². The normalized spacial score (nSPS) is 21.3. The molecule has 2 aromatic carbocycles. The first-order chi connectivity index (χ1) is 23.0. The van der Waals surface area contributed by atoms with E-state index in [1.807, 2.05) is 24.3 Å². The van der Waals surface area contributed by atoms with Crippen LogP contribution < -0.4 is 10.5 Å². The maximum atomic E-state index is 15.7. The van der Waals surface area contributed by atoms with Gasteiger partial charge in [0.05, 0.1) is 11.4 Å². The summed E-state index contributed by atoms with van der Waals surface area (Å²) in [7, 11) is 2.13. The number of benzene rings is 2. The highest BCUT2D eigenvalue weighted by Crippen LogP contribution is 2.36. The molecule has 0 bridgehead atoms. The number of fused-ring (bicyclic) bond motifs is 1. The minimum absolute atomic E-state index is 0.123. The highest BCUT2D eigenvalue weighted by atomic mass is 19.1. The zero-order valence-corrected chi connectivity index (χ0v) is 28.1. The third-order valence-electron chi connectivity index (χ3n) is 9.75. The van der Waals surface area contributed by atoms with Crippen LogP contribution in [-0.4, -0.2) is 91.2 Å². The second-order valence-electron chi connectivity index (χ2n) is 13.4. The van der Waals surface area contributed by atoms with Crippen LogP contribution in [-0.2, 0) is 4.79 Å². The topological polar surface area (TPSA) is 129 Å². The molecule has 0 aliphatic carbocycles. The summed E-state index contributed by atoms with van der Waals surface area (Å²) in [6.45, 7) is 11.0. The fourth-order valence-corrected chi connectivity index (χ4v) is 6.79. The van der Waals surface area contributed by atoms with Gasteiger partial charge in [0.25, 0.3) is 5.91 Å². The molecule has 1 amide bonds. The largest absolute Gasteiger partial charge is 0.457 e. The van der Waals surface area contributed by atoms with Gasteiger partial charge in [-0.25, -0.2) is 19.0 Å². The van der Waals surface area contributed by atoms with Crippen LogP contribution in [0.2, 0.25) is 0 Å². The number of likely N-dealkylation sites (tertiary alicyclic amines) is 1. The van der Waals surface area contributed by atoms with Gasteiger partial charge in [0.2, 0.25) is 0 Å². The van der Waals surface area contributed by atoms with Crippen LogP contribution in [0, 0.1) is 17.1 Å². The summed E-state index contributed by atoms with van der Waals surface area (Å²) in [6, 6.07) is 16.4. The minimum Gasteiger partial charge on any atom is -0.457 e. The molecule has 11 nitrogen and oxygen atoms in total. The summed E-state index contributed by atoms with van der Waals surface area (Å²) < 4.78 is 23.2. The lowest BCUT2D eigenvalue weighted by atomic mass is 9.94. The number of hydrogen-bond acceptors (Lipinski definition) is 9. The Hall–Kier alpha value is -4.86. The second kappa shape index (κ2) is 13.3.